The minimum absolute atomic E-state index is 0.158. The fourth-order valence-electron chi connectivity index (χ4n) is 3.94. The quantitative estimate of drug-likeness (QED) is 0.447. The van der Waals surface area contributed by atoms with Crippen LogP contribution in [0.15, 0.2) is 24.3 Å². The molecule has 0 bridgehead atoms. The smallest absolute Gasteiger partial charge is 0.309 e. The molecule has 2 amide bonds. The average molecular weight is 388 g/mol. The molecular formula is C22H33N3O3. The number of rotatable bonds is 6. The molecule has 2 aliphatic rings. The van der Waals surface area contributed by atoms with E-state index >= 15 is 0 Å². The van der Waals surface area contributed by atoms with Crippen LogP contribution < -0.4 is 15.5 Å². The molecule has 6 heteroatoms. The number of nitrogens with one attached hydrogen (secondary N) is 2. The maximum Gasteiger partial charge on any atom is 0.309 e. The minimum Gasteiger partial charge on any atom is -0.378 e. The highest BCUT2D eigenvalue weighted by Crippen LogP contribution is 2.18. The standard InChI is InChI=1S/C22H33N3O3/c26-21(22(27)24-19-7-3-1-2-4-8-19)23-13-5-6-18-9-11-20(12-10-18)25-14-16-28-17-15-25/h9-12,19H,1-8,13-17H2,(H,23,26)(H,24,27). The number of nitrogens with zero attached hydrogens (tertiary/aromatic N) is 1. The van der Waals surface area contributed by atoms with Gasteiger partial charge in [0.25, 0.3) is 0 Å². The molecule has 6 nitrogen and oxygen atoms in total. The van der Waals surface area contributed by atoms with E-state index in [1.807, 2.05) is 0 Å². The Balaban J connectivity index is 1.33. The summed E-state index contributed by atoms with van der Waals surface area (Å²) < 4.78 is 5.39. The van der Waals surface area contributed by atoms with Crippen molar-refractivity contribution in [2.45, 2.75) is 57.4 Å². The summed E-state index contributed by atoms with van der Waals surface area (Å²) in [5.74, 6) is -0.992. The normalized spacial score (nSPS) is 18.4. The zero-order valence-electron chi connectivity index (χ0n) is 16.8. The van der Waals surface area contributed by atoms with Gasteiger partial charge in [0.1, 0.15) is 0 Å². The highest BCUT2D eigenvalue weighted by molar-refractivity contribution is 6.35. The van der Waals surface area contributed by atoms with Crippen LogP contribution in [0.5, 0.6) is 0 Å². The Kier molecular flexibility index (Phi) is 8.15. The summed E-state index contributed by atoms with van der Waals surface area (Å²) in [4.78, 5) is 26.4. The zero-order chi connectivity index (χ0) is 19.6. The molecule has 1 heterocycles. The predicted molar refractivity (Wildman–Crippen MR) is 110 cm³/mol. The average Bonchev–Trinajstić information content (AvgIpc) is 3.01. The van der Waals surface area contributed by atoms with Gasteiger partial charge in [0, 0.05) is 31.4 Å². The SMILES string of the molecule is O=C(NCCCc1ccc(N2CCOCC2)cc1)C(=O)NC1CCCCCC1. The van der Waals surface area contributed by atoms with Crippen molar-refractivity contribution in [3.63, 3.8) is 0 Å². The Bertz CT molecular complexity index is 618. The Labute approximate surface area is 168 Å². The van der Waals surface area contributed by atoms with Gasteiger partial charge in [-0.05, 0) is 43.4 Å². The third-order valence-electron chi connectivity index (χ3n) is 5.64. The van der Waals surface area contributed by atoms with Crippen molar-refractivity contribution < 1.29 is 14.3 Å². The van der Waals surface area contributed by atoms with Crippen LogP contribution in [-0.2, 0) is 20.7 Å². The lowest BCUT2D eigenvalue weighted by Crippen LogP contribution is -2.44. The molecule has 2 fully saturated rings. The molecule has 0 unspecified atom stereocenters. The Morgan fingerprint density at radius 2 is 1.64 bits per heavy atom. The molecule has 1 saturated carbocycles. The van der Waals surface area contributed by atoms with E-state index in [0.717, 1.165) is 64.8 Å². The van der Waals surface area contributed by atoms with Crippen LogP contribution in [0.2, 0.25) is 0 Å². The second-order valence-electron chi connectivity index (χ2n) is 7.79. The first kappa shape index (κ1) is 20.6. The molecule has 0 spiro atoms. The second-order valence-corrected chi connectivity index (χ2v) is 7.79. The van der Waals surface area contributed by atoms with Crippen molar-refractivity contribution in [2.24, 2.45) is 0 Å². The number of aryl methyl sites for hydroxylation is 1. The number of carbonyl (C=O) groups excluding carboxylic acids is 2. The zero-order valence-corrected chi connectivity index (χ0v) is 16.8. The van der Waals surface area contributed by atoms with Crippen molar-refractivity contribution in [2.75, 3.05) is 37.7 Å². The van der Waals surface area contributed by atoms with E-state index in [1.165, 1.54) is 24.1 Å². The molecule has 1 saturated heterocycles. The summed E-state index contributed by atoms with van der Waals surface area (Å²) in [6.07, 6.45) is 8.40. The van der Waals surface area contributed by atoms with E-state index in [2.05, 4.69) is 39.8 Å². The minimum atomic E-state index is -0.507. The second kappa shape index (κ2) is 11.1. The van der Waals surface area contributed by atoms with Gasteiger partial charge in [-0.3, -0.25) is 9.59 Å². The molecule has 1 aromatic rings. The number of hydrogen-bond donors (Lipinski definition) is 2. The van der Waals surface area contributed by atoms with E-state index in [9.17, 15) is 9.59 Å². The Hall–Kier alpha value is -2.08. The van der Waals surface area contributed by atoms with E-state index in [4.69, 9.17) is 4.74 Å². The first-order valence-corrected chi connectivity index (χ1v) is 10.7. The van der Waals surface area contributed by atoms with Crippen LogP contribution in [0.25, 0.3) is 0 Å². The lowest BCUT2D eigenvalue weighted by molar-refractivity contribution is -0.139. The molecule has 0 aromatic heterocycles. The van der Waals surface area contributed by atoms with Gasteiger partial charge in [-0.15, -0.1) is 0 Å². The first-order valence-electron chi connectivity index (χ1n) is 10.7. The van der Waals surface area contributed by atoms with E-state index in [1.54, 1.807) is 0 Å². The van der Waals surface area contributed by atoms with Gasteiger partial charge in [0.2, 0.25) is 0 Å². The highest BCUT2D eigenvalue weighted by Gasteiger charge is 2.19. The Morgan fingerprint density at radius 1 is 0.964 bits per heavy atom. The number of amides is 2. The summed E-state index contributed by atoms with van der Waals surface area (Å²) in [5.41, 5.74) is 2.48. The maximum absolute atomic E-state index is 12.0. The number of hydrogen-bond acceptors (Lipinski definition) is 4. The predicted octanol–water partition coefficient (Wildman–Crippen LogP) is 2.41. The van der Waals surface area contributed by atoms with Gasteiger partial charge >= 0.3 is 11.8 Å². The van der Waals surface area contributed by atoms with E-state index in [-0.39, 0.29) is 6.04 Å². The van der Waals surface area contributed by atoms with Crippen molar-refractivity contribution in [3.05, 3.63) is 29.8 Å². The topological polar surface area (TPSA) is 70.7 Å². The van der Waals surface area contributed by atoms with Crippen LogP contribution in [0.3, 0.4) is 0 Å². The van der Waals surface area contributed by atoms with Crippen LogP contribution in [0.1, 0.15) is 50.5 Å². The largest absolute Gasteiger partial charge is 0.378 e. The maximum atomic E-state index is 12.0. The van der Waals surface area contributed by atoms with Crippen molar-refractivity contribution in [3.8, 4) is 0 Å². The number of anilines is 1. The molecule has 1 aliphatic heterocycles. The summed E-state index contributed by atoms with van der Waals surface area (Å²) in [7, 11) is 0. The Morgan fingerprint density at radius 3 is 2.32 bits per heavy atom. The van der Waals surface area contributed by atoms with Gasteiger partial charge < -0.3 is 20.3 Å². The molecule has 28 heavy (non-hydrogen) atoms. The molecule has 0 atom stereocenters. The number of benzene rings is 1. The fraction of sp³-hybridized carbons (Fsp3) is 0.636. The molecule has 154 valence electrons. The summed E-state index contributed by atoms with van der Waals surface area (Å²) >= 11 is 0. The van der Waals surface area contributed by atoms with Crippen LogP contribution >= 0.6 is 0 Å². The molecule has 0 radical (unpaired) electrons. The van der Waals surface area contributed by atoms with E-state index in [0.29, 0.717) is 6.54 Å². The van der Waals surface area contributed by atoms with Gasteiger partial charge in [0.15, 0.2) is 0 Å². The van der Waals surface area contributed by atoms with Gasteiger partial charge in [-0.25, -0.2) is 0 Å². The lowest BCUT2D eigenvalue weighted by Gasteiger charge is -2.28. The van der Waals surface area contributed by atoms with Crippen LogP contribution in [-0.4, -0.2) is 50.7 Å². The van der Waals surface area contributed by atoms with Gasteiger partial charge in [-0.1, -0.05) is 37.8 Å². The monoisotopic (exact) mass is 387 g/mol. The fourth-order valence-corrected chi connectivity index (χ4v) is 3.94. The molecular weight excluding hydrogens is 354 g/mol. The summed E-state index contributed by atoms with van der Waals surface area (Å²) in [5, 5.41) is 5.64. The van der Waals surface area contributed by atoms with Crippen LogP contribution in [0, 0.1) is 0 Å². The van der Waals surface area contributed by atoms with Crippen LogP contribution in [0.4, 0.5) is 5.69 Å². The van der Waals surface area contributed by atoms with E-state index < -0.39 is 11.8 Å². The summed E-state index contributed by atoms with van der Waals surface area (Å²) in [6.45, 7) is 3.97. The number of ether oxygens (including phenoxy) is 1. The molecule has 1 aromatic carbocycles. The van der Waals surface area contributed by atoms with Crippen molar-refractivity contribution >= 4 is 17.5 Å². The summed E-state index contributed by atoms with van der Waals surface area (Å²) in [6, 6.07) is 8.75. The van der Waals surface area contributed by atoms with Gasteiger partial charge in [0.05, 0.1) is 13.2 Å². The highest BCUT2D eigenvalue weighted by atomic mass is 16.5. The lowest BCUT2D eigenvalue weighted by atomic mass is 10.1. The molecule has 1 aliphatic carbocycles. The first-order chi connectivity index (χ1) is 13.7. The van der Waals surface area contributed by atoms with Crippen molar-refractivity contribution in [1.29, 1.82) is 0 Å². The van der Waals surface area contributed by atoms with Crippen molar-refractivity contribution in [1.82, 2.24) is 10.6 Å². The number of carbonyl (C=O) groups is 2. The third-order valence-corrected chi connectivity index (χ3v) is 5.64. The third kappa shape index (κ3) is 6.51. The molecule has 2 N–H and O–H groups in total. The number of morpholine rings is 1. The molecule has 3 rings (SSSR count). The van der Waals surface area contributed by atoms with Gasteiger partial charge in [-0.2, -0.15) is 0 Å².